The van der Waals surface area contributed by atoms with Gasteiger partial charge in [-0.05, 0) is 37.3 Å². The third kappa shape index (κ3) is 4.73. The molecular weight excluding hydrogens is 412 g/mol. The molecule has 0 bridgehead atoms. The first-order valence-electron chi connectivity index (χ1n) is 8.63. The maximum atomic E-state index is 12.2. The maximum Gasteiger partial charge on any atom is 0.231 e. The van der Waals surface area contributed by atoms with Crippen molar-refractivity contribution in [1.82, 2.24) is 15.0 Å². The number of benzene rings is 2. The fourth-order valence-corrected chi connectivity index (χ4v) is 4.49. The van der Waals surface area contributed by atoms with E-state index in [0.717, 1.165) is 38.1 Å². The molecule has 0 unspecified atom stereocenters. The summed E-state index contributed by atoms with van der Waals surface area (Å²) in [4.78, 5) is 24.6. The van der Waals surface area contributed by atoms with Gasteiger partial charge in [-0.25, -0.2) is 9.97 Å². The Kier molecular flexibility index (Phi) is 5.66. The highest BCUT2D eigenvalue weighted by Gasteiger charge is 2.10. The van der Waals surface area contributed by atoms with Crippen LogP contribution in [0.3, 0.4) is 0 Å². The van der Waals surface area contributed by atoms with E-state index in [0.29, 0.717) is 10.8 Å². The lowest BCUT2D eigenvalue weighted by atomic mass is 10.2. The summed E-state index contributed by atoms with van der Waals surface area (Å²) in [7, 11) is 0. The third-order valence-corrected chi connectivity index (χ3v) is 6.06. The van der Waals surface area contributed by atoms with Crippen molar-refractivity contribution >= 4 is 57.3 Å². The van der Waals surface area contributed by atoms with Crippen molar-refractivity contribution in [2.24, 2.45) is 0 Å². The van der Waals surface area contributed by atoms with Gasteiger partial charge in [0.25, 0.3) is 0 Å². The molecule has 1 amide bonds. The zero-order valence-corrected chi connectivity index (χ0v) is 17.4. The number of thioether (sulfide) groups is 1. The number of nitrogens with one attached hydrogen (secondary N) is 2. The van der Waals surface area contributed by atoms with Gasteiger partial charge in [0.05, 0.1) is 23.1 Å². The fourth-order valence-electron chi connectivity index (χ4n) is 2.64. The van der Waals surface area contributed by atoms with Gasteiger partial charge >= 0.3 is 0 Å². The Morgan fingerprint density at radius 3 is 2.86 bits per heavy atom. The number of hydrogen-bond donors (Lipinski definition) is 2. The van der Waals surface area contributed by atoms with Crippen LogP contribution in [0.5, 0.6) is 0 Å². The number of nitrogens with zero attached hydrogens (tertiary/aromatic N) is 2. The molecule has 8 heteroatoms. The molecule has 28 heavy (non-hydrogen) atoms. The highest BCUT2D eigenvalue weighted by atomic mass is 35.5. The fraction of sp³-hybridized carbons (Fsp3) is 0.150. The molecule has 4 aromatic rings. The van der Waals surface area contributed by atoms with E-state index in [1.54, 1.807) is 11.8 Å². The molecule has 2 aromatic heterocycles. The molecule has 0 spiro atoms. The number of hydrogen-bond acceptors (Lipinski definition) is 5. The number of anilines is 1. The number of aryl methyl sites for hydroxylation is 1. The van der Waals surface area contributed by atoms with Crippen molar-refractivity contribution in [2.75, 3.05) is 5.32 Å². The van der Waals surface area contributed by atoms with Gasteiger partial charge in [-0.2, -0.15) is 0 Å². The molecule has 2 heterocycles. The molecule has 4 rings (SSSR count). The van der Waals surface area contributed by atoms with Crippen LogP contribution < -0.4 is 5.32 Å². The van der Waals surface area contributed by atoms with Crippen molar-refractivity contribution < 1.29 is 4.79 Å². The number of thiazole rings is 1. The second kappa shape index (κ2) is 8.34. The van der Waals surface area contributed by atoms with Crippen LogP contribution in [0, 0.1) is 6.92 Å². The van der Waals surface area contributed by atoms with Crippen molar-refractivity contribution in [3.63, 3.8) is 0 Å². The van der Waals surface area contributed by atoms with Gasteiger partial charge in [0, 0.05) is 21.8 Å². The highest BCUT2D eigenvalue weighted by Crippen LogP contribution is 2.25. The average molecular weight is 429 g/mol. The zero-order chi connectivity index (χ0) is 19.5. The number of amides is 1. The number of rotatable bonds is 6. The molecule has 5 nitrogen and oxygen atoms in total. The summed E-state index contributed by atoms with van der Waals surface area (Å²) in [5.41, 5.74) is 4.70. The molecule has 0 fully saturated rings. The van der Waals surface area contributed by atoms with Crippen LogP contribution in [0.1, 0.15) is 16.3 Å². The van der Waals surface area contributed by atoms with Gasteiger partial charge in [-0.1, -0.05) is 41.1 Å². The second-order valence-electron chi connectivity index (χ2n) is 6.32. The Balaban J connectivity index is 1.33. The van der Waals surface area contributed by atoms with Gasteiger partial charge in [0.15, 0.2) is 5.16 Å². The van der Waals surface area contributed by atoms with E-state index >= 15 is 0 Å². The first-order valence-corrected chi connectivity index (χ1v) is 10.9. The molecule has 0 saturated heterocycles. The number of halogens is 1. The number of aromatic amines is 1. The normalized spacial score (nSPS) is 11.1. The smallest absolute Gasteiger partial charge is 0.231 e. The van der Waals surface area contributed by atoms with E-state index in [4.69, 9.17) is 11.6 Å². The predicted octanol–water partition coefficient (Wildman–Crippen LogP) is 5.45. The van der Waals surface area contributed by atoms with Crippen molar-refractivity contribution in [3.05, 3.63) is 69.1 Å². The van der Waals surface area contributed by atoms with Gasteiger partial charge in [0.1, 0.15) is 5.01 Å². The Morgan fingerprint density at radius 1 is 1.21 bits per heavy atom. The minimum Gasteiger partial charge on any atom is -0.333 e. The van der Waals surface area contributed by atoms with Crippen LogP contribution in [0.15, 0.2) is 53.0 Å². The van der Waals surface area contributed by atoms with Gasteiger partial charge in [-0.3, -0.25) is 4.79 Å². The zero-order valence-electron chi connectivity index (χ0n) is 15.0. The number of carbonyl (C=O) groups excluding carboxylic acids is 1. The molecular formula is C20H17ClN4OS2. The predicted molar refractivity (Wildman–Crippen MR) is 116 cm³/mol. The minimum atomic E-state index is -0.0634. The number of imidazole rings is 1. The molecule has 0 aliphatic rings. The number of aromatic nitrogens is 3. The average Bonchev–Trinajstić information content (AvgIpc) is 3.27. The Labute approximate surface area is 175 Å². The molecule has 0 saturated carbocycles. The summed E-state index contributed by atoms with van der Waals surface area (Å²) in [6, 6.07) is 13.3. The summed E-state index contributed by atoms with van der Waals surface area (Å²) in [5, 5.41) is 7.19. The number of carbonyl (C=O) groups is 1. The van der Waals surface area contributed by atoms with E-state index < -0.39 is 0 Å². The van der Waals surface area contributed by atoms with E-state index in [9.17, 15) is 4.79 Å². The summed E-state index contributed by atoms with van der Waals surface area (Å²) in [5.74, 6) is 0.621. The first-order chi connectivity index (χ1) is 13.5. The van der Waals surface area contributed by atoms with Crippen molar-refractivity contribution in [2.45, 2.75) is 24.3 Å². The molecule has 0 aliphatic carbocycles. The van der Waals surface area contributed by atoms with Gasteiger partial charge < -0.3 is 10.3 Å². The molecule has 142 valence electrons. The standard InChI is InChI=1S/C20H17ClN4OS2/c1-12-2-5-14(6-3-12)22-18(26)9-19-23-15(10-27-19)11-28-20-24-16-7-4-13(21)8-17(16)25-20/h2-8,10H,9,11H2,1H3,(H,22,26)(H,24,25). The summed E-state index contributed by atoms with van der Waals surface area (Å²) in [6.45, 7) is 2.02. The van der Waals surface area contributed by atoms with Gasteiger partial charge in [0.2, 0.25) is 5.91 Å². The van der Waals surface area contributed by atoms with Crippen LogP contribution in [0.25, 0.3) is 11.0 Å². The Hall–Kier alpha value is -2.35. The minimum absolute atomic E-state index is 0.0634. The first kappa shape index (κ1) is 19.0. The Bertz CT molecular complexity index is 1120. The second-order valence-corrected chi connectivity index (χ2v) is 8.66. The van der Waals surface area contributed by atoms with Crippen LogP contribution in [0.2, 0.25) is 5.02 Å². The van der Waals surface area contributed by atoms with Crippen LogP contribution in [-0.2, 0) is 17.0 Å². The molecule has 2 N–H and O–H groups in total. The molecule has 0 radical (unpaired) electrons. The monoisotopic (exact) mass is 428 g/mol. The van der Waals surface area contributed by atoms with Crippen molar-refractivity contribution in [3.8, 4) is 0 Å². The topological polar surface area (TPSA) is 70.7 Å². The summed E-state index contributed by atoms with van der Waals surface area (Å²) < 4.78 is 0. The molecule has 0 atom stereocenters. The maximum absolute atomic E-state index is 12.2. The van der Waals surface area contributed by atoms with Crippen molar-refractivity contribution in [1.29, 1.82) is 0 Å². The number of fused-ring (bicyclic) bond motifs is 1. The van der Waals surface area contributed by atoms with E-state index in [1.165, 1.54) is 11.3 Å². The highest BCUT2D eigenvalue weighted by molar-refractivity contribution is 7.98. The van der Waals surface area contributed by atoms with E-state index in [2.05, 4.69) is 20.3 Å². The van der Waals surface area contributed by atoms with Crippen LogP contribution in [0.4, 0.5) is 5.69 Å². The lowest BCUT2D eigenvalue weighted by molar-refractivity contribution is -0.115. The Morgan fingerprint density at radius 2 is 2.04 bits per heavy atom. The van der Waals surface area contributed by atoms with Gasteiger partial charge in [-0.15, -0.1) is 11.3 Å². The molecule has 0 aliphatic heterocycles. The van der Waals surface area contributed by atoms with E-state index in [-0.39, 0.29) is 12.3 Å². The summed E-state index contributed by atoms with van der Waals surface area (Å²) >= 11 is 9.08. The quantitative estimate of drug-likeness (QED) is 0.400. The SMILES string of the molecule is Cc1ccc(NC(=O)Cc2nc(CSc3nc4ccc(Cl)cc4[nH]3)cs2)cc1. The summed E-state index contributed by atoms with van der Waals surface area (Å²) in [6.07, 6.45) is 0.270. The lowest BCUT2D eigenvalue weighted by Crippen LogP contribution is -2.14. The molecule has 2 aromatic carbocycles. The van der Waals surface area contributed by atoms with Crippen LogP contribution in [-0.4, -0.2) is 20.9 Å². The van der Waals surface area contributed by atoms with E-state index in [1.807, 2.05) is 54.8 Å². The largest absolute Gasteiger partial charge is 0.333 e. The third-order valence-electron chi connectivity index (χ3n) is 4.03. The lowest BCUT2D eigenvalue weighted by Gasteiger charge is -2.04. The van der Waals surface area contributed by atoms with Crippen LogP contribution >= 0.6 is 34.7 Å². The number of H-pyrrole nitrogens is 1.